The molecule has 1 aliphatic carbocycles. The summed E-state index contributed by atoms with van der Waals surface area (Å²) in [4.78, 5) is 0. The van der Waals surface area contributed by atoms with Gasteiger partial charge in [-0.05, 0) is 67.9 Å². The average molecular weight is 291 g/mol. The molecule has 0 saturated carbocycles. The SMILES string of the molecule is CCCC(C)C1C(CC)=C(C)C(C)=C(CC)C1(CC)CC. The monoisotopic (exact) mass is 290 g/mol. The number of hydrogen-bond acceptors (Lipinski definition) is 0. The summed E-state index contributed by atoms with van der Waals surface area (Å²) in [6.07, 6.45) is 7.69. The molecule has 0 aromatic heterocycles. The maximum Gasteiger partial charge on any atom is -0.00195 e. The summed E-state index contributed by atoms with van der Waals surface area (Å²) in [6, 6.07) is 0. The van der Waals surface area contributed by atoms with Gasteiger partial charge in [-0.1, -0.05) is 65.5 Å². The van der Waals surface area contributed by atoms with E-state index in [2.05, 4.69) is 55.4 Å². The molecule has 0 aliphatic heterocycles. The lowest BCUT2D eigenvalue weighted by atomic mass is 9.54. The molecule has 0 heterocycles. The van der Waals surface area contributed by atoms with E-state index in [0.717, 1.165) is 11.8 Å². The van der Waals surface area contributed by atoms with Crippen molar-refractivity contribution in [3.63, 3.8) is 0 Å². The zero-order valence-electron chi connectivity index (χ0n) is 15.9. The summed E-state index contributed by atoms with van der Waals surface area (Å²) in [5.74, 6) is 1.56. The summed E-state index contributed by atoms with van der Waals surface area (Å²) in [7, 11) is 0. The van der Waals surface area contributed by atoms with Gasteiger partial charge in [0.1, 0.15) is 0 Å². The van der Waals surface area contributed by atoms with Crippen molar-refractivity contribution >= 4 is 0 Å². The number of allylic oxidation sites excluding steroid dienone is 4. The Hall–Kier alpha value is -0.520. The molecule has 2 unspecified atom stereocenters. The lowest BCUT2D eigenvalue weighted by Crippen LogP contribution is -2.40. The Balaban J connectivity index is 3.54. The molecule has 0 nitrogen and oxygen atoms in total. The molecule has 122 valence electrons. The van der Waals surface area contributed by atoms with E-state index in [4.69, 9.17) is 0 Å². The van der Waals surface area contributed by atoms with Crippen molar-refractivity contribution in [1.82, 2.24) is 0 Å². The van der Waals surface area contributed by atoms with Crippen LogP contribution in [0.4, 0.5) is 0 Å². The van der Waals surface area contributed by atoms with Gasteiger partial charge >= 0.3 is 0 Å². The predicted octanol–water partition coefficient (Wildman–Crippen LogP) is 7.31. The summed E-state index contributed by atoms with van der Waals surface area (Å²) >= 11 is 0. The van der Waals surface area contributed by atoms with E-state index >= 15 is 0 Å². The summed E-state index contributed by atoms with van der Waals surface area (Å²) in [6.45, 7) is 19.2. The average Bonchev–Trinajstić information content (AvgIpc) is 2.49. The lowest BCUT2D eigenvalue weighted by Gasteiger charge is -2.50. The molecule has 2 atom stereocenters. The van der Waals surface area contributed by atoms with Crippen molar-refractivity contribution in [2.75, 3.05) is 0 Å². The standard InChI is InChI=1S/C21H38/c1-9-14-15(6)20-18(10-2)16(7)17(8)19(11-3)21(20,12-4)13-5/h15,20H,9-14H2,1-8H3. The van der Waals surface area contributed by atoms with E-state index in [1.54, 1.807) is 22.3 Å². The molecule has 0 radical (unpaired) electrons. The maximum atomic E-state index is 2.51. The molecule has 0 N–H and O–H groups in total. The topological polar surface area (TPSA) is 0 Å². The highest BCUT2D eigenvalue weighted by molar-refractivity contribution is 5.46. The fraction of sp³-hybridized carbons (Fsp3) is 0.810. The van der Waals surface area contributed by atoms with Crippen LogP contribution in [-0.4, -0.2) is 0 Å². The van der Waals surface area contributed by atoms with E-state index in [-0.39, 0.29) is 0 Å². The highest BCUT2D eigenvalue weighted by Gasteiger charge is 2.45. The minimum Gasteiger partial charge on any atom is -0.0654 e. The first-order chi connectivity index (χ1) is 9.94. The minimum absolute atomic E-state index is 0.415. The third-order valence-electron chi connectivity index (χ3n) is 6.38. The van der Waals surface area contributed by atoms with Gasteiger partial charge in [-0.3, -0.25) is 0 Å². The van der Waals surface area contributed by atoms with Crippen molar-refractivity contribution in [2.24, 2.45) is 17.3 Å². The van der Waals surface area contributed by atoms with Crippen molar-refractivity contribution in [3.8, 4) is 0 Å². The molecule has 21 heavy (non-hydrogen) atoms. The lowest BCUT2D eigenvalue weighted by molar-refractivity contribution is 0.145. The van der Waals surface area contributed by atoms with Crippen LogP contribution in [0.3, 0.4) is 0 Å². The first-order valence-electron chi connectivity index (χ1n) is 9.35. The summed E-state index contributed by atoms with van der Waals surface area (Å²) in [5.41, 5.74) is 7.15. The number of rotatable bonds is 7. The highest BCUT2D eigenvalue weighted by Crippen LogP contribution is 2.56. The second-order valence-electron chi connectivity index (χ2n) is 7.07. The second kappa shape index (κ2) is 7.65. The van der Waals surface area contributed by atoms with Crippen molar-refractivity contribution in [1.29, 1.82) is 0 Å². The Kier molecular flexibility index (Phi) is 6.75. The van der Waals surface area contributed by atoms with Crippen LogP contribution in [0.2, 0.25) is 0 Å². The van der Waals surface area contributed by atoms with E-state index in [1.165, 1.54) is 38.5 Å². The summed E-state index contributed by atoms with van der Waals surface area (Å²) < 4.78 is 0. The Labute approximate surface area is 134 Å². The molecule has 0 heteroatoms. The van der Waals surface area contributed by atoms with Crippen LogP contribution in [0.1, 0.15) is 93.9 Å². The Morgan fingerprint density at radius 1 is 0.905 bits per heavy atom. The molecular formula is C21H38. The maximum absolute atomic E-state index is 2.51. The van der Waals surface area contributed by atoms with Gasteiger partial charge in [0.2, 0.25) is 0 Å². The Bertz CT molecular complexity index is 404. The molecule has 0 spiro atoms. The third-order valence-corrected chi connectivity index (χ3v) is 6.38. The molecular weight excluding hydrogens is 252 g/mol. The molecule has 0 bridgehead atoms. The largest absolute Gasteiger partial charge is 0.0654 e. The fourth-order valence-corrected chi connectivity index (χ4v) is 5.32. The van der Waals surface area contributed by atoms with Crippen molar-refractivity contribution < 1.29 is 0 Å². The van der Waals surface area contributed by atoms with E-state index < -0.39 is 0 Å². The minimum atomic E-state index is 0.415. The molecule has 1 aliphatic rings. The quantitative estimate of drug-likeness (QED) is 0.461. The zero-order chi connectivity index (χ0) is 16.2. The first-order valence-corrected chi connectivity index (χ1v) is 9.35. The van der Waals surface area contributed by atoms with E-state index in [1.807, 2.05) is 0 Å². The van der Waals surface area contributed by atoms with Crippen LogP contribution < -0.4 is 0 Å². The van der Waals surface area contributed by atoms with E-state index in [9.17, 15) is 0 Å². The highest BCUT2D eigenvalue weighted by atomic mass is 14.5. The number of hydrogen-bond donors (Lipinski definition) is 0. The predicted molar refractivity (Wildman–Crippen MR) is 96.6 cm³/mol. The van der Waals surface area contributed by atoms with Gasteiger partial charge in [0, 0.05) is 0 Å². The van der Waals surface area contributed by atoms with Crippen LogP contribution in [0, 0.1) is 17.3 Å². The van der Waals surface area contributed by atoms with Gasteiger partial charge in [-0.2, -0.15) is 0 Å². The molecule has 0 saturated heterocycles. The van der Waals surface area contributed by atoms with Gasteiger partial charge in [0.15, 0.2) is 0 Å². The van der Waals surface area contributed by atoms with Crippen LogP contribution in [-0.2, 0) is 0 Å². The fourth-order valence-electron chi connectivity index (χ4n) is 5.32. The third kappa shape index (κ3) is 3.01. The first kappa shape index (κ1) is 18.5. The van der Waals surface area contributed by atoms with Gasteiger partial charge < -0.3 is 0 Å². The smallest absolute Gasteiger partial charge is 0.00195 e. The molecule has 0 fully saturated rings. The van der Waals surface area contributed by atoms with Gasteiger partial charge in [-0.15, -0.1) is 0 Å². The van der Waals surface area contributed by atoms with Gasteiger partial charge in [0.25, 0.3) is 0 Å². The normalized spacial score (nSPS) is 23.7. The van der Waals surface area contributed by atoms with Crippen LogP contribution in [0.15, 0.2) is 22.3 Å². The van der Waals surface area contributed by atoms with Crippen LogP contribution in [0.25, 0.3) is 0 Å². The van der Waals surface area contributed by atoms with Crippen molar-refractivity contribution in [2.45, 2.75) is 93.9 Å². The van der Waals surface area contributed by atoms with Crippen LogP contribution >= 0.6 is 0 Å². The second-order valence-corrected chi connectivity index (χ2v) is 7.07. The molecule has 0 aromatic carbocycles. The zero-order valence-corrected chi connectivity index (χ0v) is 15.9. The molecule has 0 amide bonds. The van der Waals surface area contributed by atoms with Crippen LogP contribution in [0.5, 0.6) is 0 Å². The van der Waals surface area contributed by atoms with E-state index in [0.29, 0.717) is 5.41 Å². The van der Waals surface area contributed by atoms with Gasteiger partial charge in [-0.25, -0.2) is 0 Å². The Morgan fingerprint density at radius 2 is 1.48 bits per heavy atom. The molecule has 1 rings (SSSR count). The molecule has 0 aromatic rings. The van der Waals surface area contributed by atoms with Crippen molar-refractivity contribution in [3.05, 3.63) is 22.3 Å². The Morgan fingerprint density at radius 3 is 1.86 bits per heavy atom. The summed E-state index contributed by atoms with van der Waals surface area (Å²) in [5, 5.41) is 0. The van der Waals surface area contributed by atoms with Gasteiger partial charge in [0.05, 0.1) is 0 Å².